The highest BCUT2D eigenvalue weighted by atomic mass is 127. The quantitative estimate of drug-likeness (QED) is 0.246. The molecule has 1 fully saturated rings. The largest absolute Gasteiger partial charge is 0.492 e. The van der Waals surface area contributed by atoms with Crippen molar-refractivity contribution in [3.8, 4) is 5.75 Å². The molecule has 1 heterocycles. The Morgan fingerprint density at radius 1 is 1.14 bits per heavy atom. The molecule has 2 N–H and O–H groups in total. The Hall–Kier alpha value is -1.27. The number of hydrogen-bond donors (Lipinski definition) is 2. The summed E-state index contributed by atoms with van der Waals surface area (Å²) in [6.45, 7) is 9.14. The molecule has 29 heavy (non-hydrogen) atoms. The van der Waals surface area contributed by atoms with Gasteiger partial charge in [-0.15, -0.1) is 24.0 Å². The predicted octanol–water partition coefficient (Wildman–Crippen LogP) is 2.98. The zero-order valence-electron chi connectivity index (χ0n) is 17.0. The van der Waals surface area contributed by atoms with Crippen molar-refractivity contribution in [2.24, 2.45) is 4.99 Å². The third kappa shape index (κ3) is 8.55. The first kappa shape index (κ1) is 25.8. The van der Waals surface area contributed by atoms with Gasteiger partial charge in [-0.05, 0) is 38.1 Å². The fourth-order valence-electron chi connectivity index (χ4n) is 2.88. The van der Waals surface area contributed by atoms with E-state index in [0.717, 1.165) is 38.4 Å². The van der Waals surface area contributed by atoms with Crippen molar-refractivity contribution in [3.05, 3.63) is 29.8 Å². The van der Waals surface area contributed by atoms with Crippen molar-refractivity contribution in [2.75, 3.05) is 53.0 Å². The van der Waals surface area contributed by atoms with E-state index in [1.807, 2.05) is 0 Å². The van der Waals surface area contributed by atoms with Crippen molar-refractivity contribution in [1.29, 1.82) is 0 Å². The second kappa shape index (κ2) is 11.8. The van der Waals surface area contributed by atoms with E-state index in [-0.39, 0.29) is 29.5 Å². The molecule has 2 rings (SSSR count). The van der Waals surface area contributed by atoms with Crippen molar-refractivity contribution in [2.45, 2.75) is 25.6 Å². The van der Waals surface area contributed by atoms with Gasteiger partial charge >= 0.3 is 6.18 Å². The van der Waals surface area contributed by atoms with Crippen LogP contribution in [0.1, 0.15) is 19.4 Å². The summed E-state index contributed by atoms with van der Waals surface area (Å²) in [6.07, 6.45) is -4.34. The minimum atomic E-state index is -4.34. The first-order chi connectivity index (χ1) is 13.2. The van der Waals surface area contributed by atoms with E-state index in [9.17, 15) is 13.2 Å². The van der Waals surface area contributed by atoms with E-state index in [1.165, 1.54) is 12.1 Å². The van der Waals surface area contributed by atoms with E-state index in [2.05, 4.69) is 34.4 Å². The van der Waals surface area contributed by atoms with Gasteiger partial charge in [-0.2, -0.15) is 13.2 Å². The van der Waals surface area contributed by atoms with Crippen LogP contribution in [0.15, 0.2) is 29.3 Å². The van der Waals surface area contributed by atoms with Crippen LogP contribution in [-0.2, 0) is 10.9 Å². The molecule has 0 saturated carbocycles. The van der Waals surface area contributed by atoms with Crippen LogP contribution >= 0.6 is 24.0 Å². The lowest BCUT2D eigenvalue weighted by Gasteiger charge is -2.41. The summed E-state index contributed by atoms with van der Waals surface area (Å²) in [4.78, 5) is 6.57. The van der Waals surface area contributed by atoms with Crippen LogP contribution in [0.2, 0.25) is 0 Å². The average Bonchev–Trinajstić information content (AvgIpc) is 2.68. The Balaban J connectivity index is 0.00000420. The summed E-state index contributed by atoms with van der Waals surface area (Å²) in [5.41, 5.74) is -0.733. The maximum atomic E-state index is 12.5. The first-order valence-electron chi connectivity index (χ1n) is 9.30. The highest BCUT2D eigenvalue weighted by Crippen LogP contribution is 2.30. The van der Waals surface area contributed by atoms with Gasteiger partial charge in [-0.1, -0.05) is 0 Å². The molecule has 0 aliphatic carbocycles. The summed E-state index contributed by atoms with van der Waals surface area (Å²) in [5.74, 6) is 1.04. The molecule has 1 aliphatic heterocycles. The Morgan fingerprint density at radius 2 is 1.76 bits per heavy atom. The topological polar surface area (TPSA) is 58.1 Å². The van der Waals surface area contributed by atoms with Gasteiger partial charge in [0.05, 0.1) is 25.3 Å². The van der Waals surface area contributed by atoms with E-state index >= 15 is 0 Å². The van der Waals surface area contributed by atoms with Crippen LogP contribution in [0.4, 0.5) is 13.2 Å². The SMILES string of the molecule is CN=C(NCCOc1ccc(C(F)(F)F)cc1)NCC(C)(C)N1CCOCC1.I. The number of hydrogen-bond acceptors (Lipinski definition) is 4. The smallest absolute Gasteiger partial charge is 0.416 e. The van der Waals surface area contributed by atoms with E-state index in [4.69, 9.17) is 9.47 Å². The zero-order chi connectivity index (χ0) is 20.6. The maximum Gasteiger partial charge on any atom is 0.416 e. The van der Waals surface area contributed by atoms with Gasteiger partial charge in [-0.3, -0.25) is 9.89 Å². The molecule has 0 amide bonds. The van der Waals surface area contributed by atoms with Gasteiger partial charge in [0.15, 0.2) is 5.96 Å². The molecule has 166 valence electrons. The molecule has 0 radical (unpaired) electrons. The average molecular weight is 530 g/mol. The van der Waals surface area contributed by atoms with Crippen molar-refractivity contribution in [1.82, 2.24) is 15.5 Å². The molecule has 1 saturated heterocycles. The summed E-state index contributed by atoms with van der Waals surface area (Å²) >= 11 is 0. The van der Waals surface area contributed by atoms with Gasteiger partial charge in [0.25, 0.3) is 0 Å². The van der Waals surface area contributed by atoms with Gasteiger partial charge in [-0.25, -0.2) is 0 Å². The third-order valence-corrected chi connectivity index (χ3v) is 4.62. The summed E-state index contributed by atoms with van der Waals surface area (Å²) in [6, 6.07) is 4.66. The Bertz CT molecular complexity index is 633. The lowest BCUT2D eigenvalue weighted by molar-refractivity contribution is -0.137. The number of guanidine groups is 1. The molecular weight excluding hydrogens is 500 g/mol. The van der Waals surface area contributed by atoms with Gasteiger partial charge in [0.1, 0.15) is 12.4 Å². The molecule has 0 spiro atoms. The van der Waals surface area contributed by atoms with Crippen LogP contribution in [-0.4, -0.2) is 69.4 Å². The molecule has 1 aromatic carbocycles. The standard InChI is InChI=1S/C19H29F3N4O2.HI/c1-18(2,26-9-12-27-13-10-26)14-25-17(23-3)24-8-11-28-16-6-4-15(5-7-16)19(20,21)22;/h4-7H,8-14H2,1-3H3,(H2,23,24,25);1H. The van der Waals surface area contributed by atoms with Gasteiger partial charge < -0.3 is 20.1 Å². The zero-order valence-corrected chi connectivity index (χ0v) is 19.3. The Kier molecular flexibility index (Phi) is 10.5. The number of nitrogens with one attached hydrogen (secondary N) is 2. The monoisotopic (exact) mass is 530 g/mol. The molecule has 1 aliphatic rings. The molecule has 6 nitrogen and oxygen atoms in total. The second-order valence-corrected chi connectivity index (χ2v) is 7.13. The summed E-state index contributed by atoms with van der Waals surface area (Å²) in [5, 5.41) is 6.45. The Labute approximate surface area is 187 Å². The number of morpholine rings is 1. The number of alkyl halides is 3. The van der Waals surface area contributed by atoms with Crippen molar-refractivity contribution < 1.29 is 22.6 Å². The fourth-order valence-corrected chi connectivity index (χ4v) is 2.88. The van der Waals surface area contributed by atoms with Crippen LogP contribution in [0.3, 0.4) is 0 Å². The lowest BCUT2D eigenvalue weighted by Crippen LogP contribution is -2.56. The van der Waals surface area contributed by atoms with Crippen LogP contribution in [0, 0.1) is 0 Å². The molecule has 1 aromatic rings. The first-order valence-corrected chi connectivity index (χ1v) is 9.30. The predicted molar refractivity (Wildman–Crippen MR) is 118 cm³/mol. The second-order valence-electron chi connectivity index (χ2n) is 7.13. The Morgan fingerprint density at radius 3 is 2.31 bits per heavy atom. The number of ether oxygens (including phenoxy) is 2. The molecule has 0 aromatic heterocycles. The molecular formula is C19H30F3IN4O2. The van der Waals surface area contributed by atoms with Crippen LogP contribution in [0.5, 0.6) is 5.75 Å². The lowest BCUT2D eigenvalue weighted by atomic mass is 10.0. The number of rotatable bonds is 7. The molecule has 0 bridgehead atoms. The summed E-state index contributed by atoms with van der Waals surface area (Å²) in [7, 11) is 1.69. The molecule has 10 heteroatoms. The number of nitrogens with zero attached hydrogens (tertiary/aromatic N) is 2. The van der Waals surface area contributed by atoms with Crippen molar-refractivity contribution in [3.63, 3.8) is 0 Å². The highest BCUT2D eigenvalue weighted by molar-refractivity contribution is 14.0. The maximum absolute atomic E-state index is 12.5. The minimum Gasteiger partial charge on any atom is -0.492 e. The number of halogens is 4. The van der Waals surface area contributed by atoms with Gasteiger partial charge in [0.2, 0.25) is 0 Å². The number of aliphatic imine (C=N–C) groups is 1. The van der Waals surface area contributed by atoms with Gasteiger partial charge in [0, 0.05) is 32.2 Å². The minimum absolute atomic E-state index is 0. The van der Waals surface area contributed by atoms with E-state index in [0.29, 0.717) is 31.4 Å². The van der Waals surface area contributed by atoms with E-state index < -0.39 is 11.7 Å². The highest BCUT2D eigenvalue weighted by Gasteiger charge is 2.30. The van der Waals surface area contributed by atoms with Crippen LogP contribution in [0.25, 0.3) is 0 Å². The third-order valence-electron chi connectivity index (χ3n) is 4.62. The van der Waals surface area contributed by atoms with Crippen LogP contribution < -0.4 is 15.4 Å². The number of benzene rings is 1. The molecule has 0 atom stereocenters. The normalized spacial score (nSPS) is 16.1. The molecule has 0 unspecified atom stereocenters. The van der Waals surface area contributed by atoms with Crippen molar-refractivity contribution >= 4 is 29.9 Å². The fraction of sp³-hybridized carbons (Fsp3) is 0.632. The summed E-state index contributed by atoms with van der Waals surface area (Å²) < 4.78 is 48.5. The van der Waals surface area contributed by atoms with E-state index in [1.54, 1.807) is 7.05 Å².